The number of nitrogens with zero attached hydrogens (tertiary/aromatic N) is 7. The zero-order valence-electron chi connectivity index (χ0n) is 19.5. The van der Waals surface area contributed by atoms with Crippen LogP contribution in [0, 0.1) is 5.82 Å². The second-order valence-corrected chi connectivity index (χ2v) is 8.62. The molecule has 0 radical (unpaired) electrons. The molecular weight excluding hydrogens is 445 g/mol. The largest absolute Gasteiger partial charge is 0.347 e. The van der Waals surface area contributed by atoms with Gasteiger partial charge in [0.2, 0.25) is 5.95 Å². The Morgan fingerprint density at radius 2 is 1.80 bits per heavy atom. The van der Waals surface area contributed by atoms with Crippen LogP contribution in [0.5, 0.6) is 0 Å². The number of rotatable bonds is 5. The molecule has 5 rings (SSSR count). The van der Waals surface area contributed by atoms with Crippen LogP contribution in [0.4, 0.5) is 10.3 Å². The van der Waals surface area contributed by atoms with Crippen molar-refractivity contribution in [3.8, 4) is 22.3 Å². The number of carbonyl (C=O) groups excluding carboxylic acids is 1. The van der Waals surface area contributed by atoms with Crippen LogP contribution >= 0.6 is 0 Å². The van der Waals surface area contributed by atoms with Crippen molar-refractivity contribution in [3.05, 3.63) is 84.7 Å². The second-order valence-electron chi connectivity index (χ2n) is 8.62. The first kappa shape index (κ1) is 22.5. The first-order chi connectivity index (χ1) is 17.0. The zero-order valence-corrected chi connectivity index (χ0v) is 19.5. The summed E-state index contributed by atoms with van der Waals surface area (Å²) in [6.45, 7) is 0.589. The molecule has 1 saturated heterocycles. The number of pyridine rings is 1. The molecule has 8 nitrogen and oxygen atoms in total. The molecule has 1 fully saturated rings. The van der Waals surface area contributed by atoms with Crippen LogP contribution in [0.25, 0.3) is 22.3 Å². The highest BCUT2D eigenvalue weighted by molar-refractivity contribution is 5.95. The van der Waals surface area contributed by atoms with E-state index in [-0.39, 0.29) is 17.8 Å². The molecule has 0 bridgehead atoms. The quantitative estimate of drug-likeness (QED) is 0.433. The van der Waals surface area contributed by atoms with Crippen molar-refractivity contribution in [1.82, 2.24) is 29.8 Å². The average molecular weight is 470 g/mol. The van der Waals surface area contributed by atoms with E-state index in [0.29, 0.717) is 34.9 Å². The lowest BCUT2D eigenvalue weighted by atomic mass is 9.99. The maximum atomic E-state index is 14.0. The number of likely N-dealkylation sites (tertiary alicyclic amines) is 1. The van der Waals surface area contributed by atoms with Crippen molar-refractivity contribution in [3.63, 3.8) is 0 Å². The summed E-state index contributed by atoms with van der Waals surface area (Å²) in [5, 5.41) is 0. The van der Waals surface area contributed by atoms with Gasteiger partial charge >= 0.3 is 0 Å². The Bertz CT molecular complexity index is 1360. The number of carbonyl (C=O) groups is 1. The number of hydrogen-bond donors (Lipinski definition) is 0. The van der Waals surface area contributed by atoms with Gasteiger partial charge in [-0.1, -0.05) is 12.1 Å². The molecule has 1 amide bonds. The highest BCUT2D eigenvalue weighted by Gasteiger charge is 2.34. The van der Waals surface area contributed by atoms with E-state index in [2.05, 4.69) is 19.9 Å². The van der Waals surface area contributed by atoms with Crippen LogP contribution in [0.1, 0.15) is 34.9 Å². The van der Waals surface area contributed by atoms with Crippen LogP contribution in [0.2, 0.25) is 0 Å². The first-order valence-electron chi connectivity index (χ1n) is 11.3. The Hall–Kier alpha value is -4.27. The third-order valence-electron chi connectivity index (χ3n) is 6.05. The minimum atomic E-state index is -0.336. The van der Waals surface area contributed by atoms with Gasteiger partial charge in [-0.2, -0.15) is 0 Å². The highest BCUT2D eigenvalue weighted by atomic mass is 19.1. The predicted octanol–water partition coefficient (Wildman–Crippen LogP) is 4.18. The number of amides is 1. The van der Waals surface area contributed by atoms with Crippen LogP contribution in [-0.2, 0) is 0 Å². The molecule has 9 heteroatoms. The molecule has 0 aliphatic carbocycles. The zero-order chi connectivity index (χ0) is 24.4. The summed E-state index contributed by atoms with van der Waals surface area (Å²) in [4.78, 5) is 39.0. The van der Waals surface area contributed by atoms with Crippen LogP contribution in [-0.4, -0.2) is 56.4 Å². The molecular formula is C26H24FN7O. The molecule has 1 atom stereocenters. The Labute approximate surface area is 202 Å². The molecule has 35 heavy (non-hydrogen) atoms. The average Bonchev–Trinajstić information content (AvgIpc) is 3.38. The maximum absolute atomic E-state index is 14.0. The van der Waals surface area contributed by atoms with Crippen LogP contribution < -0.4 is 4.90 Å². The van der Waals surface area contributed by atoms with Gasteiger partial charge in [-0.25, -0.2) is 24.3 Å². The normalized spacial score (nSPS) is 15.3. The van der Waals surface area contributed by atoms with E-state index in [1.54, 1.807) is 37.1 Å². The van der Waals surface area contributed by atoms with Crippen molar-refractivity contribution in [2.75, 3.05) is 25.5 Å². The van der Waals surface area contributed by atoms with Crippen molar-refractivity contribution < 1.29 is 9.18 Å². The minimum Gasteiger partial charge on any atom is -0.347 e. The summed E-state index contributed by atoms with van der Waals surface area (Å²) < 4.78 is 14.0. The van der Waals surface area contributed by atoms with E-state index in [9.17, 15) is 9.18 Å². The predicted molar refractivity (Wildman–Crippen MR) is 130 cm³/mol. The lowest BCUT2D eigenvalue weighted by molar-refractivity contribution is 0.0733. The lowest BCUT2D eigenvalue weighted by Gasteiger charge is -2.27. The molecule has 0 unspecified atom stereocenters. The van der Waals surface area contributed by atoms with E-state index >= 15 is 0 Å². The Kier molecular flexibility index (Phi) is 6.13. The molecule has 3 aromatic heterocycles. The van der Waals surface area contributed by atoms with Crippen molar-refractivity contribution in [1.29, 1.82) is 0 Å². The van der Waals surface area contributed by atoms with E-state index in [4.69, 9.17) is 4.98 Å². The number of hydrogen-bond acceptors (Lipinski definition) is 7. The number of halogens is 1. The first-order valence-corrected chi connectivity index (χ1v) is 11.3. The Balaban J connectivity index is 1.53. The molecule has 0 spiro atoms. The summed E-state index contributed by atoms with van der Waals surface area (Å²) in [7, 11) is 3.73. The molecule has 0 saturated carbocycles. The smallest absolute Gasteiger partial charge is 0.256 e. The summed E-state index contributed by atoms with van der Waals surface area (Å²) >= 11 is 0. The van der Waals surface area contributed by atoms with E-state index in [1.165, 1.54) is 18.5 Å². The van der Waals surface area contributed by atoms with Crippen molar-refractivity contribution >= 4 is 11.9 Å². The minimum absolute atomic E-state index is 0.131. The number of benzene rings is 1. The summed E-state index contributed by atoms with van der Waals surface area (Å²) in [5.41, 5.74) is 4.13. The van der Waals surface area contributed by atoms with Gasteiger partial charge in [0.15, 0.2) is 0 Å². The van der Waals surface area contributed by atoms with E-state index in [0.717, 1.165) is 24.0 Å². The second kappa shape index (κ2) is 9.54. The number of anilines is 1. The molecule has 1 aliphatic heterocycles. The maximum Gasteiger partial charge on any atom is 0.256 e. The molecule has 1 aliphatic rings. The Morgan fingerprint density at radius 1 is 1.00 bits per heavy atom. The van der Waals surface area contributed by atoms with Crippen molar-refractivity contribution in [2.45, 2.75) is 18.9 Å². The van der Waals surface area contributed by atoms with E-state index < -0.39 is 0 Å². The van der Waals surface area contributed by atoms with Gasteiger partial charge in [-0.3, -0.25) is 9.78 Å². The highest BCUT2D eigenvalue weighted by Crippen LogP contribution is 2.38. The van der Waals surface area contributed by atoms with Gasteiger partial charge in [0.05, 0.1) is 17.3 Å². The van der Waals surface area contributed by atoms with Gasteiger partial charge in [0, 0.05) is 68.3 Å². The van der Waals surface area contributed by atoms with Crippen molar-refractivity contribution in [2.24, 2.45) is 0 Å². The molecule has 1 aromatic carbocycles. The molecule has 176 valence electrons. The van der Waals surface area contributed by atoms with Gasteiger partial charge < -0.3 is 9.80 Å². The van der Waals surface area contributed by atoms with Gasteiger partial charge in [-0.15, -0.1) is 0 Å². The fourth-order valence-corrected chi connectivity index (χ4v) is 4.36. The number of aromatic nitrogens is 5. The van der Waals surface area contributed by atoms with Crippen LogP contribution in [0.3, 0.4) is 0 Å². The van der Waals surface area contributed by atoms with Crippen LogP contribution in [0.15, 0.2) is 67.6 Å². The molecule has 0 N–H and O–H groups in total. The monoisotopic (exact) mass is 469 g/mol. The third-order valence-corrected chi connectivity index (χ3v) is 6.05. The lowest BCUT2D eigenvalue weighted by Crippen LogP contribution is -2.31. The standard InChI is InChI=1S/C26H24FN7O/c1-33(2)26-31-15-22(17-5-3-6-21(27)10-17)24(32-26)23-7-4-8-34(23)25(35)19-9-18(11-28-12-19)20-13-29-16-30-14-20/h3,5-6,9-16,23H,4,7-8H2,1-2H3/t23-/m1/s1. The van der Waals surface area contributed by atoms with E-state index in [1.807, 2.05) is 36.0 Å². The fraction of sp³-hybridized carbons (Fsp3) is 0.231. The topological polar surface area (TPSA) is 88.0 Å². The summed E-state index contributed by atoms with van der Waals surface area (Å²) in [6.07, 6.45) is 11.4. The fourth-order valence-electron chi connectivity index (χ4n) is 4.36. The SMILES string of the molecule is CN(C)c1ncc(-c2cccc(F)c2)c([C@H]2CCCN2C(=O)c2cncc(-c3cncnc3)c2)n1. The molecule has 4 aromatic rings. The Morgan fingerprint density at radius 3 is 2.57 bits per heavy atom. The van der Waals surface area contributed by atoms with Gasteiger partial charge in [0.25, 0.3) is 5.91 Å². The summed E-state index contributed by atoms with van der Waals surface area (Å²) in [5.74, 6) is 0.0679. The molecule has 4 heterocycles. The summed E-state index contributed by atoms with van der Waals surface area (Å²) in [6, 6.07) is 7.90. The van der Waals surface area contributed by atoms with Gasteiger partial charge in [-0.05, 0) is 36.6 Å². The van der Waals surface area contributed by atoms with Gasteiger partial charge in [0.1, 0.15) is 12.1 Å². The third kappa shape index (κ3) is 4.57.